The molecule has 0 saturated heterocycles. The molecular formula is C12H7ClN2O5. The van der Waals surface area contributed by atoms with Crippen molar-refractivity contribution in [2.45, 2.75) is 0 Å². The van der Waals surface area contributed by atoms with Crippen LogP contribution in [0.3, 0.4) is 0 Å². The number of carboxylic acid groups (broad SMARTS) is 1. The van der Waals surface area contributed by atoms with Gasteiger partial charge in [0.25, 0.3) is 11.2 Å². The number of halogens is 1. The Hall–Kier alpha value is -2.67. The third-order valence-corrected chi connectivity index (χ3v) is 2.88. The molecule has 0 fully saturated rings. The Morgan fingerprint density at radius 2 is 2.00 bits per heavy atom. The van der Waals surface area contributed by atoms with E-state index in [-0.39, 0.29) is 22.0 Å². The normalized spacial score (nSPS) is 10.2. The van der Waals surface area contributed by atoms with Crippen molar-refractivity contribution in [3.8, 4) is 5.69 Å². The zero-order valence-electron chi connectivity index (χ0n) is 9.82. The van der Waals surface area contributed by atoms with Gasteiger partial charge in [-0.25, -0.2) is 4.79 Å². The lowest BCUT2D eigenvalue weighted by Gasteiger charge is -2.08. The maximum Gasteiger partial charge on any atom is 0.337 e. The van der Waals surface area contributed by atoms with E-state index >= 15 is 0 Å². The molecule has 0 spiro atoms. The number of carboxylic acids is 1. The molecule has 0 aliphatic carbocycles. The number of benzene rings is 1. The van der Waals surface area contributed by atoms with E-state index < -0.39 is 16.5 Å². The summed E-state index contributed by atoms with van der Waals surface area (Å²) in [6.45, 7) is 0. The third kappa shape index (κ3) is 2.52. The fourth-order valence-electron chi connectivity index (χ4n) is 1.60. The average Bonchev–Trinajstić information content (AvgIpc) is 2.39. The minimum atomic E-state index is -1.22. The van der Waals surface area contributed by atoms with Crippen LogP contribution < -0.4 is 5.56 Å². The van der Waals surface area contributed by atoms with Gasteiger partial charge in [0, 0.05) is 24.4 Å². The third-order valence-electron chi connectivity index (χ3n) is 2.56. The molecule has 0 bridgehead atoms. The van der Waals surface area contributed by atoms with E-state index in [0.29, 0.717) is 0 Å². The van der Waals surface area contributed by atoms with Crippen LogP contribution in [0.15, 0.2) is 41.3 Å². The predicted molar refractivity (Wildman–Crippen MR) is 70.7 cm³/mol. The van der Waals surface area contributed by atoms with Gasteiger partial charge < -0.3 is 5.11 Å². The Morgan fingerprint density at radius 3 is 2.60 bits per heavy atom. The van der Waals surface area contributed by atoms with Crippen LogP contribution >= 0.6 is 11.6 Å². The van der Waals surface area contributed by atoms with Crippen molar-refractivity contribution in [3.63, 3.8) is 0 Å². The maximum absolute atomic E-state index is 11.8. The second-order valence-electron chi connectivity index (χ2n) is 3.82. The molecule has 1 aromatic carbocycles. The number of nitrogens with zero attached hydrogens (tertiary/aromatic N) is 2. The fraction of sp³-hybridized carbons (Fsp3) is 0. The van der Waals surface area contributed by atoms with E-state index in [4.69, 9.17) is 16.7 Å². The van der Waals surface area contributed by atoms with Crippen molar-refractivity contribution in [1.29, 1.82) is 0 Å². The van der Waals surface area contributed by atoms with E-state index in [0.717, 1.165) is 29.0 Å². The lowest BCUT2D eigenvalue weighted by molar-refractivity contribution is -0.384. The number of nitro benzene ring substituents is 1. The molecule has 0 amide bonds. The predicted octanol–water partition coefficient (Wildman–Crippen LogP) is 2.10. The summed E-state index contributed by atoms with van der Waals surface area (Å²) in [4.78, 5) is 32.8. The van der Waals surface area contributed by atoms with Crippen LogP contribution in [-0.2, 0) is 0 Å². The number of nitro groups is 1. The van der Waals surface area contributed by atoms with Gasteiger partial charge in [-0.15, -0.1) is 0 Å². The Bertz CT molecular complexity index is 769. The van der Waals surface area contributed by atoms with Gasteiger partial charge in [-0.1, -0.05) is 11.6 Å². The lowest BCUT2D eigenvalue weighted by atomic mass is 10.2. The van der Waals surface area contributed by atoms with Crippen LogP contribution in [0.4, 0.5) is 5.69 Å². The van der Waals surface area contributed by atoms with Crippen LogP contribution in [0.25, 0.3) is 5.69 Å². The summed E-state index contributed by atoms with van der Waals surface area (Å²) in [5.74, 6) is -1.22. The van der Waals surface area contributed by atoms with Gasteiger partial charge >= 0.3 is 5.97 Å². The Labute approximate surface area is 116 Å². The summed E-state index contributed by atoms with van der Waals surface area (Å²) in [7, 11) is 0. The van der Waals surface area contributed by atoms with Gasteiger partial charge in [0.05, 0.1) is 21.2 Å². The standard InChI is InChI=1S/C12H7ClN2O5/c13-9-3-2-8(15(19)20)5-10(9)14-6-7(12(17)18)1-4-11(14)16/h1-6H,(H,17,18). The van der Waals surface area contributed by atoms with Crippen LogP contribution in [0.2, 0.25) is 5.02 Å². The molecule has 0 radical (unpaired) electrons. The van der Waals surface area contributed by atoms with Gasteiger partial charge in [-0.05, 0) is 12.1 Å². The zero-order chi connectivity index (χ0) is 14.9. The summed E-state index contributed by atoms with van der Waals surface area (Å²) in [5.41, 5.74) is -0.879. The Balaban J connectivity index is 2.70. The molecule has 0 aliphatic heterocycles. The molecular weight excluding hydrogens is 288 g/mol. The highest BCUT2D eigenvalue weighted by Crippen LogP contribution is 2.24. The quantitative estimate of drug-likeness (QED) is 0.689. The molecule has 1 heterocycles. The highest BCUT2D eigenvalue weighted by atomic mass is 35.5. The van der Waals surface area contributed by atoms with Crippen molar-refractivity contribution in [2.75, 3.05) is 0 Å². The first-order valence-electron chi connectivity index (χ1n) is 5.30. The first-order chi connectivity index (χ1) is 9.40. The summed E-state index contributed by atoms with van der Waals surface area (Å²) in [6, 6.07) is 5.77. The van der Waals surface area contributed by atoms with Gasteiger partial charge in [0.15, 0.2) is 0 Å². The molecule has 0 atom stereocenters. The van der Waals surface area contributed by atoms with Crippen molar-refractivity contribution in [2.24, 2.45) is 0 Å². The van der Waals surface area contributed by atoms with Gasteiger partial charge in [-0.3, -0.25) is 19.5 Å². The number of aromatic carboxylic acids is 1. The number of rotatable bonds is 3. The second-order valence-corrected chi connectivity index (χ2v) is 4.23. The fourth-order valence-corrected chi connectivity index (χ4v) is 1.81. The summed E-state index contributed by atoms with van der Waals surface area (Å²) < 4.78 is 0.957. The monoisotopic (exact) mass is 294 g/mol. The van der Waals surface area contributed by atoms with Gasteiger partial charge in [0.1, 0.15) is 0 Å². The van der Waals surface area contributed by atoms with Gasteiger partial charge in [-0.2, -0.15) is 0 Å². The molecule has 0 saturated carbocycles. The molecule has 2 rings (SSSR count). The summed E-state index contributed by atoms with van der Waals surface area (Å²) >= 11 is 5.91. The van der Waals surface area contributed by atoms with Crippen LogP contribution in [-0.4, -0.2) is 20.6 Å². The molecule has 0 unspecified atom stereocenters. The molecule has 20 heavy (non-hydrogen) atoms. The minimum Gasteiger partial charge on any atom is -0.478 e. The van der Waals surface area contributed by atoms with E-state index in [1.54, 1.807) is 0 Å². The van der Waals surface area contributed by atoms with Crippen LogP contribution in [0.1, 0.15) is 10.4 Å². The summed E-state index contributed by atoms with van der Waals surface area (Å²) in [5, 5.41) is 19.7. The largest absolute Gasteiger partial charge is 0.478 e. The number of non-ortho nitro benzene ring substituents is 1. The van der Waals surface area contributed by atoms with Gasteiger partial charge in [0.2, 0.25) is 0 Å². The van der Waals surface area contributed by atoms with E-state index in [2.05, 4.69) is 0 Å². The Morgan fingerprint density at radius 1 is 1.30 bits per heavy atom. The van der Waals surface area contributed by atoms with Crippen LogP contribution in [0.5, 0.6) is 0 Å². The number of hydrogen-bond acceptors (Lipinski definition) is 4. The number of pyridine rings is 1. The highest BCUT2D eigenvalue weighted by molar-refractivity contribution is 6.32. The van der Waals surface area contributed by atoms with Crippen molar-refractivity contribution in [3.05, 3.63) is 67.6 Å². The van der Waals surface area contributed by atoms with Crippen LogP contribution in [0, 0.1) is 10.1 Å². The molecule has 7 nitrogen and oxygen atoms in total. The maximum atomic E-state index is 11.8. The SMILES string of the molecule is O=C(O)c1ccc(=O)n(-c2cc([N+](=O)[O-])ccc2Cl)c1. The lowest BCUT2D eigenvalue weighted by Crippen LogP contribution is -2.18. The molecule has 0 aliphatic rings. The van der Waals surface area contributed by atoms with Crippen molar-refractivity contribution >= 4 is 23.3 Å². The average molecular weight is 295 g/mol. The Kier molecular flexibility index (Phi) is 3.53. The van der Waals surface area contributed by atoms with E-state index in [1.807, 2.05) is 0 Å². The molecule has 1 N–H and O–H groups in total. The zero-order valence-corrected chi connectivity index (χ0v) is 10.6. The molecule has 8 heteroatoms. The summed E-state index contributed by atoms with van der Waals surface area (Å²) in [6.07, 6.45) is 1.07. The topological polar surface area (TPSA) is 102 Å². The second kappa shape index (κ2) is 5.14. The van der Waals surface area contributed by atoms with Crippen molar-refractivity contribution < 1.29 is 14.8 Å². The molecule has 1 aromatic heterocycles. The minimum absolute atomic E-state index is 0.0500. The smallest absolute Gasteiger partial charge is 0.337 e. The van der Waals surface area contributed by atoms with E-state index in [9.17, 15) is 19.7 Å². The molecule has 2 aromatic rings. The number of hydrogen-bond donors (Lipinski definition) is 1. The van der Waals surface area contributed by atoms with Crippen molar-refractivity contribution in [1.82, 2.24) is 4.57 Å². The highest BCUT2D eigenvalue weighted by Gasteiger charge is 2.13. The first-order valence-corrected chi connectivity index (χ1v) is 5.68. The first kappa shape index (κ1) is 13.8. The number of aromatic nitrogens is 1. The van der Waals surface area contributed by atoms with E-state index in [1.165, 1.54) is 12.1 Å². The number of carbonyl (C=O) groups is 1. The molecule has 102 valence electrons.